The number of Topliss-reactive ketones (excluding diaryl/α,β-unsaturated/α-hetero) is 1. The van der Waals surface area contributed by atoms with Crippen LogP contribution in [0.3, 0.4) is 0 Å². The number of ketones is 1. The smallest absolute Gasteiger partial charge is 0.164 e. The maximum absolute atomic E-state index is 12.1. The molecule has 0 saturated carbocycles. The van der Waals surface area contributed by atoms with Gasteiger partial charge in [-0.15, -0.1) is 0 Å². The highest BCUT2D eigenvalue weighted by molar-refractivity contribution is 5.85. The van der Waals surface area contributed by atoms with E-state index in [0.29, 0.717) is 26.4 Å². The topological polar surface area (TPSA) is 64.6 Å². The third-order valence-electron chi connectivity index (χ3n) is 5.49. The van der Waals surface area contributed by atoms with Crippen LogP contribution in [-0.2, 0) is 19.1 Å². The Balaban J connectivity index is 3.83. The summed E-state index contributed by atoms with van der Waals surface area (Å²) in [6.07, 6.45) is 0.977. The summed E-state index contributed by atoms with van der Waals surface area (Å²) in [6, 6.07) is 0. The normalized spacial score (nSPS) is 13.4. The fraction of sp³-hybridized carbons (Fsp3) is 0.895. The van der Waals surface area contributed by atoms with Crippen molar-refractivity contribution < 1.29 is 19.1 Å². The fourth-order valence-corrected chi connectivity index (χ4v) is 1.70. The minimum atomic E-state index is -0.445. The van der Waals surface area contributed by atoms with Crippen molar-refractivity contribution in [2.45, 2.75) is 60.9 Å². The number of carbonyl (C=O) groups is 2. The molecular formula is C19H37NO4. The van der Waals surface area contributed by atoms with Gasteiger partial charge in [-0.25, -0.2) is 0 Å². The zero-order valence-corrected chi connectivity index (χ0v) is 16.8. The summed E-state index contributed by atoms with van der Waals surface area (Å²) in [5.41, 5.74) is -1.11. The molecule has 0 saturated heterocycles. The Kier molecular flexibility index (Phi) is 9.32. The summed E-state index contributed by atoms with van der Waals surface area (Å²) in [6.45, 7) is 18.0. The largest absolute Gasteiger partial charge is 0.378 e. The van der Waals surface area contributed by atoms with E-state index in [-0.39, 0.29) is 29.3 Å². The zero-order valence-electron chi connectivity index (χ0n) is 16.8. The third kappa shape index (κ3) is 6.99. The molecule has 5 heteroatoms. The summed E-state index contributed by atoms with van der Waals surface area (Å²) < 4.78 is 10.9. The molecule has 24 heavy (non-hydrogen) atoms. The van der Waals surface area contributed by atoms with Crippen LogP contribution in [0.25, 0.3) is 0 Å². The van der Waals surface area contributed by atoms with Crippen molar-refractivity contribution in [3.05, 3.63) is 0 Å². The second-order valence-electron chi connectivity index (χ2n) is 8.36. The van der Waals surface area contributed by atoms with Gasteiger partial charge in [-0.1, -0.05) is 41.5 Å². The van der Waals surface area contributed by atoms with Gasteiger partial charge in [-0.2, -0.15) is 0 Å². The van der Waals surface area contributed by atoms with E-state index < -0.39 is 5.41 Å². The standard InChI is InChI=1S/C19H37NO4/c1-15(2)18(5,6)16(22)13-24-12-11-23-10-9-20-19(7,8)17(3,4)14-21/h14-15,20H,9-13H2,1-8H3. The molecule has 0 aromatic rings. The number of hydrogen-bond acceptors (Lipinski definition) is 5. The summed E-state index contributed by atoms with van der Waals surface area (Å²) in [4.78, 5) is 23.2. The van der Waals surface area contributed by atoms with Crippen LogP contribution >= 0.6 is 0 Å². The van der Waals surface area contributed by atoms with Crippen LogP contribution in [-0.4, -0.2) is 50.6 Å². The van der Waals surface area contributed by atoms with Gasteiger partial charge in [0.2, 0.25) is 0 Å². The number of carbonyl (C=O) groups excluding carboxylic acids is 2. The number of hydrogen-bond donors (Lipinski definition) is 1. The van der Waals surface area contributed by atoms with Crippen LogP contribution in [0, 0.1) is 16.7 Å². The van der Waals surface area contributed by atoms with Crippen molar-refractivity contribution in [3.63, 3.8) is 0 Å². The van der Waals surface area contributed by atoms with Crippen LogP contribution in [0.15, 0.2) is 0 Å². The molecule has 0 fully saturated rings. The van der Waals surface area contributed by atoms with Gasteiger partial charge in [0.1, 0.15) is 12.9 Å². The summed E-state index contributed by atoms with van der Waals surface area (Å²) in [5.74, 6) is 0.409. The van der Waals surface area contributed by atoms with Crippen LogP contribution in [0.4, 0.5) is 0 Å². The highest BCUT2D eigenvalue weighted by Crippen LogP contribution is 2.28. The van der Waals surface area contributed by atoms with Crippen molar-refractivity contribution in [1.29, 1.82) is 0 Å². The first-order valence-corrected chi connectivity index (χ1v) is 8.78. The Morgan fingerprint density at radius 2 is 1.54 bits per heavy atom. The van der Waals surface area contributed by atoms with Gasteiger partial charge in [0.15, 0.2) is 5.78 Å². The molecule has 0 unspecified atom stereocenters. The first-order chi connectivity index (χ1) is 10.9. The number of nitrogens with one attached hydrogen (secondary N) is 1. The van der Waals surface area contributed by atoms with Crippen molar-refractivity contribution >= 4 is 12.1 Å². The first kappa shape index (κ1) is 23.2. The minimum Gasteiger partial charge on any atom is -0.378 e. The van der Waals surface area contributed by atoms with Crippen molar-refractivity contribution in [2.24, 2.45) is 16.7 Å². The molecular weight excluding hydrogens is 306 g/mol. The molecule has 0 rings (SSSR count). The molecule has 0 heterocycles. The molecule has 142 valence electrons. The molecule has 1 N–H and O–H groups in total. The van der Waals surface area contributed by atoms with Gasteiger partial charge < -0.3 is 19.6 Å². The lowest BCUT2D eigenvalue weighted by Crippen LogP contribution is -2.53. The van der Waals surface area contributed by atoms with Crippen molar-refractivity contribution in [3.8, 4) is 0 Å². The quantitative estimate of drug-likeness (QED) is 0.411. The Morgan fingerprint density at radius 3 is 2.04 bits per heavy atom. The molecule has 0 aliphatic heterocycles. The van der Waals surface area contributed by atoms with Crippen molar-refractivity contribution in [2.75, 3.05) is 33.0 Å². The van der Waals surface area contributed by atoms with E-state index in [1.807, 2.05) is 55.4 Å². The Hall–Kier alpha value is -0.780. The molecule has 0 aliphatic rings. The molecule has 0 aromatic carbocycles. The van der Waals surface area contributed by atoms with Crippen molar-refractivity contribution in [1.82, 2.24) is 5.32 Å². The highest BCUT2D eigenvalue weighted by Gasteiger charge is 2.36. The highest BCUT2D eigenvalue weighted by atomic mass is 16.5. The molecule has 0 atom stereocenters. The van der Waals surface area contributed by atoms with E-state index in [1.54, 1.807) is 0 Å². The van der Waals surface area contributed by atoms with E-state index in [0.717, 1.165) is 6.29 Å². The monoisotopic (exact) mass is 343 g/mol. The Labute approximate surface area is 147 Å². The Morgan fingerprint density at radius 1 is 1.00 bits per heavy atom. The lowest BCUT2D eigenvalue weighted by atomic mass is 9.76. The summed E-state index contributed by atoms with van der Waals surface area (Å²) in [7, 11) is 0. The lowest BCUT2D eigenvalue weighted by Gasteiger charge is -2.38. The van der Waals surface area contributed by atoms with E-state index in [1.165, 1.54) is 0 Å². The first-order valence-electron chi connectivity index (χ1n) is 8.78. The molecule has 0 spiro atoms. The SMILES string of the molecule is CC(C)C(C)(C)C(=O)COCCOCCNC(C)(C)C(C)(C)C=O. The molecule has 0 aromatic heterocycles. The third-order valence-corrected chi connectivity index (χ3v) is 5.49. The maximum atomic E-state index is 12.1. The molecule has 0 bridgehead atoms. The predicted octanol–water partition coefficient (Wildman–Crippen LogP) is 2.86. The summed E-state index contributed by atoms with van der Waals surface area (Å²) in [5, 5.41) is 3.34. The maximum Gasteiger partial charge on any atom is 0.164 e. The number of rotatable bonds is 13. The van der Waals surface area contributed by atoms with Crippen LogP contribution in [0.1, 0.15) is 55.4 Å². The van der Waals surface area contributed by atoms with E-state index >= 15 is 0 Å². The van der Waals surface area contributed by atoms with Gasteiger partial charge in [0.25, 0.3) is 0 Å². The number of aldehydes is 1. The Bertz CT molecular complexity index is 400. The van der Waals surface area contributed by atoms with Gasteiger partial charge in [0, 0.05) is 22.9 Å². The van der Waals surface area contributed by atoms with Gasteiger partial charge in [0.05, 0.1) is 19.8 Å². The summed E-state index contributed by atoms with van der Waals surface area (Å²) >= 11 is 0. The van der Waals surface area contributed by atoms with Crippen LogP contribution < -0.4 is 5.32 Å². The lowest BCUT2D eigenvalue weighted by molar-refractivity contribution is -0.134. The minimum absolute atomic E-state index is 0.122. The second-order valence-corrected chi connectivity index (χ2v) is 8.36. The molecule has 0 aliphatic carbocycles. The zero-order chi connectivity index (χ0) is 19.0. The van der Waals surface area contributed by atoms with E-state index in [2.05, 4.69) is 5.32 Å². The van der Waals surface area contributed by atoms with Gasteiger partial charge in [-0.05, 0) is 19.8 Å². The predicted molar refractivity (Wildman–Crippen MR) is 97.2 cm³/mol. The van der Waals surface area contributed by atoms with Crippen LogP contribution in [0.2, 0.25) is 0 Å². The van der Waals surface area contributed by atoms with E-state index in [9.17, 15) is 9.59 Å². The van der Waals surface area contributed by atoms with E-state index in [4.69, 9.17) is 9.47 Å². The van der Waals surface area contributed by atoms with Crippen LogP contribution in [0.5, 0.6) is 0 Å². The fourth-order valence-electron chi connectivity index (χ4n) is 1.70. The van der Waals surface area contributed by atoms with Gasteiger partial charge in [-0.3, -0.25) is 4.79 Å². The average molecular weight is 344 g/mol. The second kappa shape index (κ2) is 9.64. The number of ether oxygens (including phenoxy) is 2. The molecule has 5 nitrogen and oxygen atoms in total. The molecule has 0 amide bonds. The average Bonchev–Trinajstić information content (AvgIpc) is 2.48. The van der Waals surface area contributed by atoms with Gasteiger partial charge >= 0.3 is 0 Å². The molecule has 0 radical (unpaired) electrons.